The van der Waals surface area contributed by atoms with E-state index in [0.717, 1.165) is 17.7 Å². The molecule has 1 saturated heterocycles. The van der Waals surface area contributed by atoms with Crippen LogP contribution in [0.15, 0.2) is 29.4 Å². The fourth-order valence-corrected chi connectivity index (χ4v) is 4.02. The Morgan fingerprint density at radius 1 is 1.31 bits per heavy atom. The molecule has 158 valence electrons. The smallest absolute Gasteiger partial charge is 0.376 e. The zero-order valence-electron chi connectivity index (χ0n) is 16.3. The fourth-order valence-electron chi connectivity index (χ4n) is 2.96. The highest BCUT2D eigenvalue weighted by Gasteiger charge is 2.32. The highest BCUT2D eigenvalue weighted by atomic mass is 32.1. The van der Waals surface area contributed by atoms with Gasteiger partial charge in [-0.1, -0.05) is 20.8 Å². The van der Waals surface area contributed by atoms with Gasteiger partial charge in [0.05, 0.1) is 23.8 Å². The number of hydrogen-bond acceptors (Lipinski definition) is 3. The third-order valence-corrected chi connectivity index (χ3v) is 6.05. The second kappa shape index (κ2) is 8.02. The fraction of sp³-hybridized carbons (Fsp3) is 0.500. The van der Waals surface area contributed by atoms with E-state index in [2.05, 4.69) is 4.99 Å². The molecule has 1 aromatic carbocycles. The molecule has 1 aliphatic rings. The van der Waals surface area contributed by atoms with Crippen LogP contribution in [0, 0.1) is 5.82 Å². The summed E-state index contributed by atoms with van der Waals surface area (Å²) in [5.74, 6) is -2.08. The van der Waals surface area contributed by atoms with Crippen LogP contribution in [-0.4, -0.2) is 23.2 Å². The number of carbonyl (C=O) groups excluding carboxylic acids is 1. The summed E-state index contributed by atoms with van der Waals surface area (Å²) < 4.78 is 60.3. The molecule has 1 aliphatic heterocycles. The van der Waals surface area contributed by atoms with E-state index in [4.69, 9.17) is 4.74 Å². The standard InChI is InChI=1S/C20H22F4N2O2S/c1-19(2,3)16-11-26(10-13-5-4-8-28-13)18(29-16)25-17(27)14-9-12(20(22,23)24)6-7-15(14)21/h6-7,9,11,13H,4-5,8,10H2,1-3H3/b25-18-. The van der Waals surface area contributed by atoms with Crippen LogP contribution in [0.25, 0.3) is 0 Å². The first-order valence-corrected chi connectivity index (χ1v) is 10.0. The minimum atomic E-state index is -4.68. The number of nitrogens with zero attached hydrogens (tertiary/aromatic N) is 2. The lowest BCUT2D eigenvalue weighted by atomic mass is 9.95. The van der Waals surface area contributed by atoms with Gasteiger partial charge in [-0.2, -0.15) is 18.2 Å². The van der Waals surface area contributed by atoms with Gasteiger partial charge in [-0.15, -0.1) is 11.3 Å². The largest absolute Gasteiger partial charge is 0.416 e. The Balaban J connectivity index is 2.02. The topological polar surface area (TPSA) is 43.6 Å². The number of alkyl halides is 3. The number of benzene rings is 1. The van der Waals surface area contributed by atoms with Crippen molar-refractivity contribution >= 4 is 17.2 Å². The Labute approximate surface area is 169 Å². The molecule has 0 bridgehead atoms. The van der Waals surface area contributed by atoms with Crippen LogP contribution in [0.4, 0.5) is 17.6 Å². The monoisotopic (exact) mass is 430 g/mol. The maximum absolute atomic E-state index is 14.1. The lowest BCUT2D eigenvalue weighted by molar-refractivity contribution is -0.137. The molecule has 9 heteroatoms. The van der Waals surface area contributed by atoms with E-state index in [1.54, 1.807) is 4.57 Å². The van der Waals surface area contributed by atoms with E-state index >= 15 is 0 Å². The molecule has 4 nitrogen and oxygen atoms in total. The molecule has 1 atom stereocenters. The maximum Gasteiger partial charge on any atom is 0.416 e. The second-order valence-electron chi connectivity index (χ2n) is 8.02. The summed E-state index contributed by atoms with van der Waals surface area (Å²) >= 11 is 1.26. The van der Waals surface area contributed by atoms with Crippen molar-refractivity contribution in [1.82, 2.24) is 4.57 Å². The van der Waals surface area contributed by atoms with Crippen molar-refractivity contribution in [2.75, 3.05) is 6.61 Å². The molecule has 0 radical (unpaired) electrons. The zero-order chi connectivity index (χ0) is 21.4. The third kappa shape index (κ3) is 5.14. The quantitative estimate of drug-likeness (QED) is 0.649. The molecule has 2 heterocycles. The molecular weight excluding hydrogens is 408 g/mol. The first-order valence-electron chi connectivity index (χ1n) is 9.23. The van der Waals surface area contributed by atoms with Gasteiger partial charge in [-0.25, -0.2) is 4.39 Å². The average Bonchev–Trinajstić information content (AvgIpc) is 3.24. The number of rotatable bonds is 3. The molecule has 1 amide bonds. The molecule has 0 saturated carbocycles. The maximum atomic E-state index is 14.1. The van der Waals surface area contributed by atoms with Gasteiger partial charge in [-0.3, -0.25) is 4.79 Å². The van der Waals surface area contributed by atoms with Crippen LogP contribution in [-0.2, 0) is 22.9 Å². The van der Waals surface area contributed by atoms with Crippen molar-refractivity contribution in [3.8, 4) is 0 Å². The van der Waals surface area contributed by atoms with Crippen LogP contribution < -0.4 is 4.80 Å². The molecule has 0 N–H and O–H groups in total. The molecule has 3 rings (SSSR count). The van der Waals surface area contributed by atoms with Crippen molar-refractivity contribution in [3.63, 3.8) is 0 Å². The Morgan fingerprint density at radius 3 is 2.62 bits per heavy atom. The molecule has 1 fully saturated rings. The first-order chi connectivity index (χ1) is 13.4. The molecular formula is C20H22F4N2O2S. The molecule has 0 aliphatic carbocycles. The summed E-state index contributed by atoms with van der Waals surface area (Å²) in [5, 5.41) is 0. The van der Waals surface area contributed by atoms with E-state index in [1.165, 1.54) is 11.3 Å². The van der Waals surface area contributed by atoms with Crippen LogP contribution in [0.3, 0.4) is 0 Å². The van der Waals surface area contributed by atoms with Crippen LogP contribution in [0.2, 0.25) is 0 Å². The predicted octanol–water partition coefficient (Wildman–Crippen LogP) is 4.93. The molecule has 1 unspecified atom stereocenters. The average molecular weight is 430 g/mol. The minimum absolute atomic E-state index is 0.0169. The van der Waals surface area contributed by atoms with E-state index in [1.807, 2.05) is 27.0 Å². The molecule has 2 aromatic rings. The van der Waals surface area contributed by atoms with E-state index in [0.29, 0.717) is 36.2 Å². The number of thiazole rings is 1. The number of aromatic nitrogens is 1. The Morgan fingerprint density at radius 2 is 2.03 bits per heavy atom. The van der Waals surface area contributed by atoms with Crippen LogP contribution in [0.1, 0.15) is 54.4 Å². The third-order valence-electron chi connectivity index (χ3n) is 4.60. The Kier molecular flexibility index (Phi) is 6.01. The van der Waals surface area contributed by atoms with Crippen molar-refractivity contribution in [2.45, 2.75) is 57.9 Å². The van der Waals surface area contributed by atoms with E-state index in [9.17, 15) is 22.4 Å². The van der Waals surface area contributed by atoms with Gasteiger partial charge in [-0.05, 0) is 36.5 Å². The van der Waals surface area contributed by atoms with Crippen molar-refractivity contribution in [1.29, 1.82) is 0 Å². The molecule has 0 spiro atoms. The SMILES string of the molecule is CC(C)(C)c1cn(CC2CCCO2)/c(=N/C(=O)c2cc(C(F)(F)F)ccc2F)s1. The molecule has 29 heavy (non-hydrogen) atoms. The van der Waals surface area contributed by atoms with Gasteiger partial charge in [0.15, 0.2) is 4.80 Å². The van der Waals surface area contributed by atoms with Gasteiger partial charge in [0, 0.05) is 17.7 Å². The van der Waals surface area contributed by atoms with Crippen molar-refractivity contribution in [2.24, 2.45) is 4.99 Å². The van der Waals surface area contributed by atoms with Crippen LogP contribution in [0.5, 0.6) is 0 Å². The number of hydrogen-bond donors (Lipinski definition) is 0. The zero-order valence-corrected chi connectivity index (χ0v) is 17.2. The first kappa shape index (κ1) is 21.7. The lowest BCUT2D eigenvalue weighted by Crippen LogP contribution is -2.23. The second-order valence-corrected chi connectivity index (χ2v) is 9.03. The van der Waals surface area contributed by atoms with Gasteiger partial charge < -0.3 is 9.30 Å². The predicted molar refractivity (Wildman–Crippen MR) is 101 cm³/mol. The van der Waals surface area contributed by atoms with Crippen molar-refractivity contribution in [3.05, 3.63) is 51.0 Å². The lowest BCUT2D eigenvalue weighted by Gasteiger charge is -2.15. The summed E-state index contributed by atoms with van der Waals surface area (Å²) in [7, 11) is 0. The molecule has 1 aromatic heterocycles. The number of carbonyl (C=O) groups is 1. The van der Waals surface area contributed by atoms with Gasteiger partial charge in [0.1, 0.15) is 5.82 Å². The summed E-state index contributed by atoms with van der Waals surface area (Å²) in [6.07, 6.45) is -0.992. The van der Waals surface area contributed by atoms with Crippen LogP contribution >= 0.6 is 11.3 Å². The summed E-state index contributed by atoms with van der Waals surface area (Å²) in [4.78, 5) is 17.8. The summed E-state index contributed by atoms with van der Waals surface area (Å²) in [5.41, 5.74) is -2.00. The van der Waals surface area contributed by atoms with Gasteiger partial charge in [0.2, 0.25) is 0 Å². The Hall–Kier alpha value is -2.00. The number of ether oxygens (including phenoxy) is 1. The van der Waals surface area contributed by atoms with E-state index < -0.39 is 29.0 Å². The number of halogens is 4. The number of amides is 1. The van der Waals surface area contributed by atoms with Gasteiger partial charge >= 0.3 is 6.18 Å². The summed E-state index contributed by atoms with van der Waals surface area (Å²) in [6.45, 7) is 7.17. The minimum Gasteiger partial charge on any atom is -0.376 e. The van der Waals surface area contributed by atoms with Gasteiger partial charge in [0.25, 0.3) is 5.91 Å². The Bertz CT molecular complexity index is 964. The normalized spacial score (nSPS) is 18.4. The van der Waals surface area contributed by atoms with Crippen molar-refractivity contribution < 1.29 is 27.1 Å². The summed E-state index contributed by atoms with van der Waals surface area (Å²) in [6, 6.07) is 1.75. The van der Waals surface area contributed by atoms with E-state index in [-0.39, 0.29) is 11.5 Å². The highest BCUT2D eigenvalue weighted by Crippen LogP contribution is 2.30. The highest BCUT2D eigenvalue weighted by molar-refractivity contribution is 7.09.